The molecule has 1 aromatic carbocycles. The Morgan fingerprint density at radius 1 is 1.26 bits per heavy atom. The lowest BCUT2D eigenvalue weighted by Crippen LogP contribution is -2.55. The molecule has 1 aliphatic heterocycles. The van der Waals surface area contributed by atoms with Gasteiger partial charge < -0.3 is 10.6 Å². The van der Waals surface area contributed by atoms with Crippen LogP contribution < -0.4 is 5.73 Å². The van der Waals surface area contributed by atoms with Gasteiger partial charge in [0.05, 0.1) is 0 Å². The van der Waals surface area contributed by atoms with Crippen LogP contribution in [0, 0.1) is 5.82 Å². The molecule has 4 heteroatoms. The summed E-state index contributed by atoms with van der Waals surface area (Å²) in [6.45, 7) is 7.58. The number of hydrogen-bond donors (Lipinski definition) is 1. The summed E-state index contributed by atoms with van der Waals surface area (Å²) in [4.78, 5) is 4.80. The molecule has 2 rings (SSSR count). The molecule has 0 aromatic heterocycles. The summed E-state index contributed by atoms with van der Waals surface area (Å²) in [5.74, 6) is -0.212. The van der Waals surface area contributed by atoms with Gasteiger partial charge in [-0.15, -0.1) is 0 Å². The number of halogens is 1. The first kappa shape index (κ1) is 14.4. The van der Waals surface area contributed by atoms with Gasteiger partial charge in [0, 0.05) is 37.8 Å². The number of nitrogens with two attached hydrogens (primary N) is 1. The van der Waals surface area contributed by atoms with Gasteiger partial charge in [0.1, 0.15) is 5.82 Å². The largest absolute Gasteiger partial charge is 0.323 e. The fourth-order valence-corrected chi connectivity index (χ4v) is 2.93. The van der Waals surface area contributed by atoms with E-state index in [0.29, 0.717) is 6.04 Å². The van der Waals surface area contributed by atoms with Crippen LogP contribution in [0.2, 0.25) is 0 Å². The van der Waals surface area contributed by atoms with Crippen LogP contribution in [0.5, 0.6) is 0 Å². The van der Waals surface area contributed by atoms with Crippen molar-refractivity contribution in [1.82, 2.24) is 9.80 Å². The minimum absolute atomic E-state index is 0.0774. The van der Waals surface area contributed by atoms with Crippen LogP contribution >= 0.6 is 0 Å². The monoisotopic (exact) mass is 265 g/mol. The van der Waals surface area contributed by atoms with Crippen molar-refractivity contribution >= 4 is 0 Å². The summed E-state index contributed by atoms with van der Waals surface area (Å²) < 4.78 is 13.0. The fourth-order valence-electron chi connectivity index (χ4n) is 2.93. The third-order valence-electron chi connectivity index (χ3n) is 4.18. The minimum Gasteiger partial charge on any atom is -0.323 e. The second kappa shape index (κ2) is 5.99. The number of rotatable bonds is 3. The first-order valence-electron chi connectivity index (χ1n) is 6.94. The molecule has 1 fully saturated rings. The van der Waals surface area contributed by atoms with Crippen LogP contribution in [0.4, 0.5) is 4.39 Å². The average molecular weight is 265 g/mol. The number of benzene rings is 1. The average Bonchev–Trinajstić information content (AvgIpc) is 2.38. The van der Waals surface area contributed by atoms with Crippen LogP contribution in [0.15, 0.2) is 24.3 Å². The van der Waals surface area contributed by atoms with Gasteiger partial charge in [0.15, 0.2) is 0 Å². The van der Waals surface area contributed by atoms with Crippen molar-refractivity contribution in [3.8, 4) is 0 Å². The van der Waals surface area contributed by atoms with Gasteiger partial charge in [-0.3, -0.25) is 4.90 Å². The summed E-state index contributed by atoms with van der Waals surface area (Å²) in [5.41, 5.74) is 7.34. The molecule has 2 N–H and O–H groups in total. The summed E-state index contributed by atoms with van der Waals surface area (Å²) >= 11 is 0. The molecule has 106 valence electrons. The highest BCUT2D eigenvalue weighted by atomic mass is 19.1. The highest BCUT2D eigenvalue weighted by molar-refractivity contribution is 5.21. The quantitative estimate of drug-likeness (QED) is 0.905. The van der Waals surface area contributed by atoms with Crippen molar-refractivity contribution < 1.29 is 4.39 Å². The van der Waals surface area contributed by atoms with Crippen LogP contribution in [0.1, 0.15) is 25.5 Å². The first-order valence-corrected chi connectivity index (χ1v) is 6.94. The van der Waals surface area contributed by atoms with Crippen molar-refractivity contribution in [3.63, 3.8) is 0 Å². The van der Waals surface area contributed by atoms with Crippen molar-refractivity contribution in [2.24, 2.45) is 5.73 Å². The molecule has 0 amide bonds. The molecule has 0 spiro atoms. The molecule has 0 saturated carbocycles. The minimum atomic E-state index is -0.212. The molecule has 1 heterocycles. The smallest absolute Gasteiger partial charge is 0.123 e. The van der Waals surface area contributed by atoms with Gasteiger partial charge in [-0.2, -0.15) is 0 Å². The topological polar surface area (TPSA) is 32.5 Å². The highest BCUT2D eigenvalue weighted by Crippen LogP contribution is 2.22. The number of likely N-dealkylation sites (N-methyl/N-ethyl adjacent to an activating group) is 1. The molecule has 1 saturated heterocycles. The first-order chi connectivity index (χ1) is 8.99. The Kier molecular flexibility index (Phi) is 4.55. The van der Waals surface area contributed by atoms with Gasteiger partial charge in [-0.1, -0.05) is 12.1 Å². The van der Waals surface area contributed by atoms with Crippen LogP contribution in [-0.4, -0.2) is 48.6 Å². The Bertz CT molecular complexity index is 406. The van der Waals surface area contributed by atoms with Crippen LogP contribution in [-0.2, 0) is 0 Å². The maximum atomic E-state index is 13.0. The van der Waals surface area contributed by atoms with Gasteiger partial charge in [0.2, 0.25) is 0 Å². The predicted molar refractivity (Wildman–Crippen MR) is 76.5 cm³/mol. The van der Waals surface area contributed by atoms with E-state index in [2.05, 4.69) is 30.7 Å². The van der Waals surface area contributed by atoms with Gasteiger partial charge >= 0.3 is 0 Å². The van der Waals surface area contributed by atoms with E-state index >= 15 is 0 Å². The van der Waals surface area contributed by atoms with E-state index < -0.39 is 0 Å². The van der Waals surface area contributed by atoms with Crippen LogP contribution in [0.25, 0.3) is 0 Å². The zero-order valence-electron chi connectivity index (χ0n) is 12.0. The Balaban J connectivity index is 2.06. The van der Waals surface area contributed by atoms with E-state index in [1.54, 1.807) is 12.1 Å². The third kappa shape index (κ3) is 3.32. The molecule has 1 aliphatic rings. The van der Waals surface area contributed by atoms with E-state index in [0.717, 1.165) is 25.2 Å². The van der Waals surface area contributed by atoms with Crippen molar-refractivity contribution in [2.45, 2.75) is 32.0 Å². The second-order valence-electron chi connectivity index (χ2n) is 5.67. The zero-order valence-corrected chi connectivity index (χ0v) is 12.0. The lowest BCUT2D eigenvalue weighted by Gasteiger charge is -2.43. The maximum Gasteiger partial charge on any atom is 0.123 e. The maximum absolute atomic E-state index is 13.0. The molecule has 3 atom stereocenters. The molecule has 1 aromatic rings. The molecule has 0 aliphatic carbocycles. The number of hydrogen-bond acceptors (Lipinski definition) is 3. The molecular weight excluding hydrogens is 241 g/mol. The number of piperazine rings is 1. The zero-order chi connectivity index (χ0) is 14.0. The van der Waals surface area contributed by atoms with E-state index in [1.165, 1.54) is 12.1 Å². The Hall–Kier alpha value is -0.970. The Morgan fingerprint density at radius 3 is 2.47 bits per heavy atom. The number of nitrogens with zero attached hydrogens (tertiary/aromatic N) is 2. The summed E-state index contributed by atoms with van der Waals surface area (Å²) in [6.07, 6.45) is 0. The summed E-state index contributed by atoms with van der Waals surface area (Å²) in [6, 6.07) is 7.22. The van der Waals surface area contributed by atoms with E-state index in [-0.39, 0.29) is 17.9 Å². The lowest BCUT2D eigenvalue weighted by atomic mass is 9.98. The standard InChI is InChI=1S/C15H24FN3/c1-11-10-18(3)8-9-19(11)12(2)15(17)13-4-6-14(16)7-5-13/h4-7,11-12,15H,8-10,17H2,1-3H3. The van der Waals surface area contributed by atoms with E-state index in [4.69, 9.17) is 5.73 Å². The fraction of sp³-hybridized carbons (Fsp3) is 0.600. The highest BCUT2D eigenvalue weighted by Gasteiger charge is 2.29. The molecule has 0 bridgehead atoms. The van der Waals surface area contributed by atoms with Crippen LogP contribution in [0.3, 0.4) is 0 Å². The molecular formula is C15H24FN3. The second-order valence-corrected chi connectivity index (χ2v) is 5.67. The summed E-state index contributed by atoms with van der Waals surface area (Å²) in [7, 11) is 2.15. The molecule has 19 heavy (non-hydrogen) atoms. The third-order valence-corrected chi connectivity index (χ3v) is 4.18. The Morgan fingerprint density at radius 2 is 1.89 bits per heavy atom. The SMILES string of the molecule is CC1CN(C)CCN1C(C)C(N)c1ccc(F)cc1. The Labute approximate surface area is 115 Å². The molecule has 0 radical (unpaired) electrons. The van der Waals surface area contributed by atoms with Crippen molar-refractivity contribution in [1.29, 1.82) is 0 Å². The van der Waals surface area contributed by atoms with Gasteiger partial charge in [0.25, 0.3) is 0 Å². The van der Waals surface area contributed by atoms with Crippen molar-refractivity contribution in [3.05, 3.63) is 35.6 Å². The van der Waals surface area contributed by atoms with E-state index in [9.17, 15) is 4.39 Å². The van der Waals surface area contributed by atoms with E-state index in [1.807, 2.05) is 0 Å². The van der Waals surface area contributed by atoms with Gasteiger partial charge in [-0.05, 0) is 38.6 Å². The summed E-state index contributed by atoms with van der Waals surface area (Å²) in [5, 5.41) is 0. The molecule has 3 nitrogen and oxygen atoms in total. The van der Waals surface area contributed by atoms with Gasteiger partial charge in [-0.25, -0.2) is 4.39 Å². The van der Waals surface area contributed by atoms with Crippen molar-refractivity contribution in [2.75, 3.05) is 26.7 Å². The normalized spacial score (nSPS) is 25.2. The predicted octanol–water partition coefficient (Wildman–Crippen LogP) is 1.85. The lowest BCUT2D eigenvalue weighted by molar-refractivity contribution is 0.0575. The molecule has 3 unspecified atom stereocenters.